The Morgan fingerprint density at radius 3 is 2.36 bits per heavy atom. The molecule has 0 heterocycles. The molecule has 4 aliphatic rings. The van der Waals surface area contributed by atoms with Crippen LogP contribution in [0.3, 0.4) is 0 Å². The zero-order chi connectivity index (χ0) is 23.4. The van der Waals surface area contributed by atoms with Gasteiger partial charge in [0, 0.05) is 17.6 Å². The minimum absolute atomic E-state index is 0.110. The highest BCUT2D eigenvalue weighted by Crippen LogP contribution is 2.67. The average Bonchev–Trinajstić information content (AvgIpc) is 3.16. The molecule has 9 atom stereocenters. The van der Waals surface area contributed by atoms with Gasteiger partial charge in [-0.3, -0.25) is 4.79 Å². The Balaban J connectivity index is 1.27. The molecule has 4 saturated carbocycles. The average molecular weight is 451 g/mol. The quantitative estimate of drug-likeness (QED) is 0.576. The second-order valence-electron chi connectivity index (χ2n) is 12.9. The van der Waals surface area contributed by atoms with Gasteiger partial charge in [0.25, 0.3) is 5.91 Å². The van der Waals surface area contributed by atoms with Crippen LogP contribution in [0.4, 0.5) is 0 Å². The van der Waals surface area contributed by atoms with Crippen molar-refractivity contribution >= 4 is 5.91 Å². The van der Waals surface area contributed by atoms with E-state index < -0.39 is 0 Å². The van der Waals surface area contributed by atoms with Crippen molar-refractivity contribution in [1.82, 2.24) is 10.2 Å². The van der Waals surface area contributed by atoms with Gasteiger partial charge in [0.1, 0.15) is 0 Å². The summed E-state index contributed by atoms with van der Waals surface area (Å²) in [5.74, 6) is 4.49. The van der Waals surface area contributed by atoms with Crippen molar-refractivity contribution in [1.29, 1.82) is 0 Å². The lowest BCUT2D eigenvalue weighted by molar-refractivity contribution is -0.117. The monoisotopic (exact) mass is 450 g/mol. The van der Waals surface area contributed by atoms with Crippen molar-refractivity contribution in [3.63, 3.8) is 0 Å². The van der Waals surface area contributed by atoms with Crippen molar-refractivity contribution in [3.05, 3.63) is 35.9 Å². The highest BCUT2D eigenvalue weighted by Gasteiger charge is 2.60. The molecule has 1 N–H and O–H groups in total. The number of carbonyl (C=O) groups is 1. The second-order valence-corrected chi connectivity index (χ2v) is 12.9. The Bertz CT molecular complexity index is 852. The second kappa shape index (κ2) is 8.70. The van der Waals surface area contributed by atoms with Gasteiger partial charge < -0.3 is 10.2 Å². The summed E-state index contributed by atoms with van der Waals surface area (Å²) < 4.78 is 0. The van der Waals surface area contributed by atoms with Crippen molar-refractivity contribution in [2.75, 3.05) is 14.1 Å². The van der Waals surface area contributed by atoms with Gasteiger partial charge in [-0.1, -0.05) is 32.0 Å². The molecule has 0 radical (unpaired) electrons. The topological polar surface area (TPSA) is 32.3 Å². The lowest BCUT2D eigenvalue weighted by atomic mass is 9.44. The Morgan fingerprint density at radius 1 is 0.939 bits per heavy atom. The first-order valence-electron chi connectivity index (χ1n) is 13.8. The molecule has 0 aliphatic heterocycles. The van der Waals surface area contributed by atoms with E-state index in [1.165, 1.54) is 51.4 Å². The van der Waals surface area contributed by atoms with E-state index in [9.17, 15) is 4.79 Å². The van der Waals surface area contributed by atoms with Crippen molar-refractivity contribution in [3.8, 4) is 0 Å². The number of hydrogen-bond donors (Lipinski definition) is 1. The Labute approximate surface area is 202 Å². The summed E-state index contributed by atoms with van der Waals surface area (Å²) in [6, 6.07) is 10.8. The number of amides is 1. The van der Waals surface area contributed by atoms with E-state index >= 15 is 0 Å². The Kier molecular flexibility index (Phi) is 6.17. The molecular weight excluding hydrogens is 404 g/mol. The van der Waals surface area contributed by atoms with Gasteiger partial charge in [-0.15, -0.1) is 0 Å². The third kappa shape index (κ3) is 3.87. The van der Waals surface area contributed by atoms with Gasteiger partial charge in [-0.25, -0.2) is 0 Å². The van der Waals surface area contributed by atoms with E-state index in [0.29, 0.717) is 22.9 Å². The molecule has 5 rings (SSSR count). The number of hydrogen-bond acceptors (Lipinski definition) is 2. The first-order valence-corrected chi connectivity index (χ1v) is 13.8. The van der Waals surface area contributed by atoms with Gasteiger partial charge in [0.2, 0.25) is 0 Å². The molecule has 33 heavy (non-hydrogen) atoms. The SMILES string of the molecule is C[C@@H]([C@H]1CC[C@H]2[C@@H]3CC[C@H]4C[C@@H](NC(=O)c5ccccc5)CC[C@]4(C)[C@H]3CC[C@]12C)N(C)C. The number of nitrogens with one attached hydrogen (secondary N) is 1. The molecule has 3 nitrogen and oxygen atoms in total. The fourth-order valence-electron chi connectivity index (χ4n) is 9.44. The maximum Gasteiger partial charge on any atom is 0.251 e. The summed E-state index contributed by atoms with van der Waals surface area (Å²) in [5.41, 5.74) is 1.81. The number of benzene rings is 1. The largest absolute Gasteiger partial charge is 0.349 e. The Morgan fingerprint density at radius 2 is 1.64 bits per heavy atom. The number of fused-ring (bicyclic) bond motifs is 5. The number of nitrogens with zero attached hydrogens (tertiary/aromatic N) is 1. The molecule has 1 aromatic carbocycles. The van der Waals surface area contributed by atoms with E-state index in [4.69, 9.17) is 0 Å². The molecule has 4 aliphatic carbocycles. The maximum atomic E-state index is 12.8. The molecule has 0 aromatic heterocycles. The van der Waals surface area contributed by atoms with E-state index in [-0.39, 0.29) is 5.91 Å². The van der Waals surface area contributed by atoms with Crippen LogP contribution in [-0.4, -0.2) is 37.0 Å². The molecule has 0 spiro atoms. The summed E-state index contributed by atoms with van der Waals surface area (Å²) >= 11 is 0. The van der Waals surface area contributed by atoms with E-state index in [0.717, 1.165) is 41.6 Å². The predicted octanol–water partition coefficient (Wildman–Crippen LogP) is 6.39. The number of rotatable bonds is 4. The smallest absolute Gasteiger partial charge is 0.251 e. The Hall–Kier alpha value is -1.35. The molecule has 0 bridgehead atoms. The first kappa shape index (κ1) is 23.4. The summed E-state index contributed by atoms with van der Waals surface area (Å²) in [4.78, 5) is 15.2. The standard InChI is InChI=1S/C30H46N2O/c1-20(32(4)5)25-13-14-26-24-12-11-22-19-23(31-28(33)21-9-7-6-8-10-21)15-17-29(22,2)27(24)16-18-30(25,26)3/h6-10,20,22-27H,11-19H2,1-5H3,(H,31,33)/t20-,22-,23-,24-,25+,26-,27-,29-,30+/m0/s1. The molecular formula is C30H46N2O. The minimum atomic E-state index is 0.110. The van der Waals surface area contributed by atoms with Crippen LogP contribution >= 0.6 is 0 Å². The van der Waals surface area contributed by atoms with Gasteiger partial charge in [-0.2, -0.15) is 0 Å². The van der Waals surface area contributed by atoms with Gasteiger partial charge in [-0.05, 0) is 131 Å². The van der Waals surface area contributed by atoms with Crippen molar-refractivity contribution < 1.29 is 4.79 Å². The molecule has 3 heteroatoms. The van der Waals surface area contributed by atoms with Crippen molar-refractivity contribution in [2.45, 2.75) is 90.6 Å². The third-order valence-electron chi connectivity index (χ3n) is 11.5. The summed E-state index contributed by atoms with van der Waals surface area (Å²) in [6.45, 7) is 7.77. The third-order valence-corrected chi connectivity index (χ3v) is 11.5. The lowest BCUT2D eigenvalue weighted by Crippen LogP contribution is -2.56. The molecule has 1 amide bonds. The molecule has 1 aromatic rings. The first-order chi connectivity index (χ1) is 15.7. The van der Waals surface area contributed by atoms with E-state index in [2.05, 4.69) is 45.1 Å². The molecule has 4 fully saturated rings. The van der Waals surface area contributed by atoms with Crippen LogP contribution in [0.5, 0.6) is 0 Å². The zero-order valence-electron chi connectivity index (χ0n) is 21.6. The number of carbonyl (C=O) groups excluding carboxylic acids is 1. The van der Waals surface area contributed by atoms with Crippen LogP contribution in [0.2, 0.25) is 0 Å². The molecule has 0 saturated heterocycles. The van der Waals surface area contributed by atoms with Gasteiger partial charge in [0.15, 0.2) is 0 Å². The summed E-state index contributed by atoms with van der Waals surface area (Å²) in [6.07, 6.45) is 12.2. The normalized spacial score (nSPS) is 43.3. The van der Waals surface area contributed by atoms with Crippen LogP contribution in [-0.2, 0) is 0 Å². The van der Waals surface area contributed by atoms with Crippen LogP contribution < -0.4 is 5.32 Å². The summed E-state index contributed by atoms with van der Waals surface area (Å²) in [7, 11) is 4.54. The fourth-order valence-corrected chi connectivity index (χ4v) is 9.44. The van der Waals surface area contributed by atoms with Crippen LogP contribution in [0.15, 0.2) is 30.3 Å². The van der Waals surface area contributed by atoms with Crippen LogP contribution in [0.25, 0.3) is 0 Å². The zero-order valence-corrected chi connectivity index (χ0v) is 21.6. The van der Waals surface area contributed by atoms with E-state index in [1.807, 2.05) is 30.3 Å². The molecule has 182 valence electrons. The van der Waals surface area contributed by atoms with Gasteiger partial charge in [0.05, 0.1) is 0 Å². The highest BCUT2D eigenvalue weighted by atomic mass is 16.1. The maximum absolute atomic E-state index is 12.8. The van der Waals surface area contributed by atoms with E-state index in [1.54, 1.807) is 0 Å². The lowest BCUT2D eigenvalue weighted by Gasteiger charge is -2.61. The van der Waals surface area contributed by atoms with Crippen LogP contribution in [0.1, 0.15) is 88.9 Å². The molecule has 0 unspecified atom stereocenters. The van der Waals surface area contributed by atoms with Crippen molar-refractivity contribution in [2.24, 2.45) is 40.4 Å². The predicted molar refractivity (Wildman–Crippen MR) is 136 cm³/mol. The fraction of sp³-hybridized carbons (Fsp3) is 0.767. The van der Waals surface area contributed by atoms with Gasteiger partial charge >= 0.3 is 0 Å². The summed E-state index contributed by atoms with van der Waals surface area (Å²) in [5, 5.41) is 3.39. The minimum Gasteiger partial charge on any atom is -0.349 e. The highest BCUT2D eigenvalue weighted by molar-refractivity contribution is 5.94. The van der Waals surface area contributed by atoms with Crippen LogP contribution in [0, 0.1) is 40.4 Å².